The monoisotopic (exact) mass is 343 g/mol. The lowest BCUT2D eigenvalue weighted by atomic mass is 10.1. The van der Waals surface area contributed by atoms with Crippen LogP contribution in [0.4, 0.5) is 13.2 Å². The Morgan fingerprint density at radius 1 is 1.29 bits per heavy atom. The van der Waals surface area contributed by atoms with Crippen LogP contribution in [0.1, 0.15) is 25.0 Å². The maximum absolute atomic E-state index is 12.8. The van der Waals surface area contributed by atoms with Crippen molar-refractivity contribution in [3.05, 3.63) is 29.3 Å². The van der Waals surface area contributed by atoms with Crippen LogP contribution >= 0.6 is 11.6 Å². The van der Waals surface area contributed by atoms with Gasteiger partial charge in [-0.1, -0.05) is 19.9 Å². The van der Waals surface area contributed by atoms with Gasteiger partial charge in [0, 0.05) is 11.9 Å². The van der Waals surface area contributed by atoms with Crippen molar-refractivity contribution in [1.29, 1.82) is 0 Å². The number of hydrogen-bond acceptors (Lipinski definition) is 2. The Bertz CT molecular complexity index is 600. The molecule has 1 rings (SSSR count). The van der Waals surface area contributed by atoms with E-state index in [1.807, 2.05) is 13.8 Å². The van der Waals surface area contributed by atoms with Crippen LogP contribution in [0.5, 0.6) is 0 Å². The second kappa shape index (κ2) is 6.54. The van der Waals surface area contributed by atoms with Crippen molar-refractivity contribution >= 4 is 21.6 Å². The molecule has 1 aromatic rings. The van der Waals surface area contributed by atoms with Crippen LogP contribution in [0.3, 0.4) is 0 Å². The molecule has 0 bridgehead atoms. The Balaban J connectivity index is 3.10. The van der Waals surface area contributed by atoms with Crippen molar-refractivity contribution in [2.75, 3.05) is 6.54 Å². The lowest BCUT2D eigenvalue weighted by Crippen LogP contribution is -2.32. The highest BCUT2D eigenvalue weighted by atomic mass is 35.5. The van der Waals surface area contributed by atoms with Gasteiger partial charge in [0.05, 0.1) is 10.5 Å². The van der Waals surface area contributed by atoms with E-state index < -0.39 is 27.1 Å². The third-order valence-electron chi connectivity index (χ3n) is 3.07. The first-order valence-corrected chi connectivity index (χ1v) is 8.19. The standard InChI is InChI=1S/C13H17ClF3NO2S/c1-8(2)11(14)7-18-21(19,20)12-6-4-5-10(9(12)3)13(15,16)17/h4-6,8,11,18H,7H2,1-3H3. The summed E-state index contributed by atoms with van der Waals surface area (Å²) in [5, 5.41) is -0.439. The normalized spacial score (nSPS) is 14.5. The van der Waals surface area contributed by atoms with Gasteiger partial charge in [0.2, 0.25) is 10.0 Å². The molecule has 0 saturated carbocycles. The SMILES string of the molecule is Cc1c(C(F)(F)F)cccc1S(=O)(=O)NCC(Cl)C(C)C. The number of sulfonamides is 1. The zero-order valence-corrected chi connectivity index (χ0v) is 13.4. The van der Waals surface area contributed by atoms with Gasteiger partial charge in [-0.05, 0) is 30.5 Å². The van der Waals surface area contributed by atoms with E-state index in [1.165, 1.54) is 0 Å². The number of benzene rings is 1. The molecule has 0 fully saturated rings. The molecule has 0 aliphatic heterocycles. The molecular formula is C13H17ClF3NO2S. The second-order valence-corrected chi connectivity index (χ2v) is 7.33. The van der Waals surface area contributed by atoms with Crippen molar-refractivity contribution in [2.45, 2.75) is 37.2 Å². The molecule has 21 heavy (non-hydrogen) atoms. The summed E-state index contributed by atoms with van der Waals surface area (Å²) in [6.45, 7) is 4.73. The Labute approximate surface area is 127 Å². The number of alkyl halides is 4. The third-order valence-corrected chi connectivity index (χ3v) is 5.30. The Morgan fingerprint density at radius 3 is 2.33 bits per heavy atom. The van der Waals surface area contributed by atoms with Crippen LogP contribution < -0.4 is 4.72 Å². The minimum atomic E-state index is -4.59. The fraction of sp³-hybridized carbons (Fsp3) is 0.538. The molecule has 1 aromatic carbocycles. The van der Waals surface area contributed by atoms with Gasteiger partial charge in [-0.25, -0.2) is 13.1 Å². The molecule has 0 spiro atoms. The number of hydrogen-bond donors (Lipinski definition) is 1. The quantitative estimate of drug-likeness (QED) is 0.831. The smallest absolute Gasteiger partial charge is 0.210 e. The highest BCUT2D eigenvalue weighted by Crippen LogP contribution is 2.34. The average Bonchev–Trinajstić information content (AvgIpc) is 2.34. The minimum absolute atomic E-state index is 0.0389. The Morgan fingerprint density at radius 2 is 1.86 bits per heavy atom. The fourth-order valence-corrected chi connectivity index (χ4v) is 3.21. The predicted octanol–water partition coefficient (Wildman–Crippen LogP) is 3.56. The average molecular weight is 344 g/mol. The van der Waals surface area contributed by atoms with Crippen LogP contribution in [0.25, 0.3) is 0 Å². The lowest BCUT2D eigenvalue weighted by Gasteiger charge is -2.17. The van der Waals surface area contributed by atoms with Crippen molar-refractivity contribution in [3.8, 4) is 0 Å². The number of rotatable bonds is 5. The van der Waals surface area contributed by atoms with E-state index in [0.29, 0.717) is 0 Å². The van der Waals surface area contributed by atoms with Crippen molar-refractivity contribution < 1.29 is 21.6 Å². The molecule has 0 radical (unpaired) electrons. The van der Waals surface area contributed by atoms with Gasteiger partial charge >= 0.3 is 6.18 Å². The predicted molar refractivity (Wildman–Crippen MR) is 75.8 cm³/mol. The van der Waals surface area contributed by atoms with Gasteiger partial charge in [-0.15, -0.1) is 11.6 Å². The highest BCUT2D eigenvalue weighted by molar-refractivity contribution is 7.89. The zero-order valence-electron chi connectivity index (χ0n) is 11.8. The summed E-state index contributed by atoms with van der Waals surface area (Å²) >= 11 is 5.95. The molecule has 1 N–H and O–H groups in total. The Kier molecular flexibility index (Phi) is 5.69. The van der Waals surface area contributed by atoms with Gasteiger partial charge < -0.3 is 0 Å². The van der Waals surface area contributed by atoms with Crippen LogP contribution in [0.15, 0.2) is 23.1 Å². The van der Waals surface area contributed by atoms with E-state index >= 15 is 0 Å². The summed E-state index contributed by atoms with van der Waals surface area (Å²) < 4.78 is 64.9. The fourth-order valence-electron chi connectivity index (χ4n) is 1.72. The molecule has 3 nitrogen and oxygen atoms in total. The molecule has 1 unspecified atom stereocenters. The summed E-state index contributed by atoms with van der Waals surface area (Å²) in [5.41, 5.74) is -1.29. The summed E-state index contributed by atoms with van der Waals surface area (Å²) in [4.78, 5) is -0.384. The summed E-state index contributed by atoms with van der Waals surface area (Å²) in [7, 11) is -4.04. The highest BCUT2D eigenvalue weighted by Gasteiger charge is 2.34. The minimum Gasteiger partial charge on any atom is -0.210 e. The first-order valence-electron chi connectivity index (χ1n) is 6.27. The third kappa shape index (κ3) is 4.59. The van der Waals surface area contributed by atoms with E-state index in [9.17, 15) is 21.6 Å². The molecule has 120 valence electrons. The van der Waals surface area contributed by atoms with Crippen molar-refractivity contribution in [3.63, 3.8) is 0 Å². The molecule has 0 saturated heterocycles. The number of halogens is 4. The van der Waals surface area contributed by atoms with Gasteiger partial charge in [-0.2, -0.15) is 13.2 Å². The summed E-state index contributed by atoms with van der Waals surface area (Å²) in [5.74, 6) is 0.0389. The first kappa shape index (κ1) is 18.3. The molecular weight excluding hydrogens is 327 g/mol. The van der Waals surface area contributed by atoms with Gasteiger partial charge in [0.15, 0.2) is 0 Å². The van der Waals surface area contributed by atoms with Gasteiger partial charge in [0.25, 0.3) is 0 Å². The van der Waals surface area contributed by atoms with Crippen LogP contribution in [0, 0.1) is 12.8 Å². The topological polar surface area (TPSA) is 46.2 Å². The molecule has 0 heterocycles. The maximum Gasteiger partial charge on any atom is 0.416 e. The zero-order chi connectivity index (χ0) is 16.4. The molecule has 1 atom stereocenters. The lowest BCUT2D eigenvalue weighted by molar-refractivity contribution is -0.138. The van der Waals surface area contributed by atoms with E-state index in [-0.39, 0.29) is 22.9 Å². The van der Waals surface area contributed by atoms with E-state index in [1.54, 1.807) is 0 Å². The maximum atomic E-state index is 12.8. The van der Waals surface area contributed by atoms with Gasteiger partial charge in [0.1, 0.15) is 0 Å². The molecule has 0 amide bonds. The van der Waals surface area contributed by atoms with Gasteiger partial charge in [-0.3, -0.25) is 0 Å². The van der Waals surface area contributed by atoms with E-state index in [4.69, 9.17) is 11.6 Å². The molecule has 0 aromatic heterocycles. The van der Waals surface area contributed by atoms with E-state index in [2.05, 4.69) is 4.72 Å². The van der Waals surface area contributed by atoms with Crippen LogP contribution in [-0.2, 0) is 16.2 Å². The van der Waals surface area contributed by atoms with Crippen LogP contribution in [0.2, 0.25) is 0 Å². The van der Waals surface area contributed by atoms with Crippen molar-refractivity contribution in [1.82, 2.24) is 4.72 Å². The van der Waals surface area contributed by atoms with Crippen LogP contribution in [-0.4, -0.2) is 20.3 Å². The molecule has 0 aliphatic rings. The van der Waals surface area contributed by atoms with Crippen molar-refractivity contribution in [2.24, 2.45) is 5.92 Å². The Hall–Kier alpha value is -0.790. The second-order valence-electron chi connectivity index (χ2n) is 5.04. The largest absolute Gasteiger partial charge is 0.416 e. The number of nitrogens with one attached hydrogen (secondary N) is 1. The van der Waals surface area contributed by atoms with E-state index in [0.717, 1.165) is 25.1 Å². The summed E-state index contributed by atoms with van der Waals surface area (Å²) in [6.07, 6.45) is -4.59. The first-order chi connectivity index (χ1) is 9.47. The molecule has 0 aliphatic carbocycles. The molecule has 8 heteroatoms. The summed E-state index contributed by atoms with van der Waals surface area (Å²) in [6, 6.07) is 3.07.